The lowest BCUT2D eigenvalue weighted by Crippen LogP contribution is -2.05. The monoisotopic (exact) mass is 309 g/mol. The SMILES string of the molecule is C[C@H](N)c1ccc(Oc2cccc(S(C)(=O)=O)c2)c(F)c1. The number of hydrogen-bond acceptors (Lipinski definition) is 4. The van der Waals surface area contributed by atoms with Crippen LogP contribution in [0.4, 0.5) is 4.39 Å². The Kier molecular flexibility index (Phi) is 4.29. The van der Waals surface area contributed by atoms with Gasteiger partial charge < -0.3 is 10.5 Å². The van der Waals surface area contributed by atoms with Crippen molar-refractivity contribution in [2.75, 3.05) is 6.26 Å². The minimum Gasteiger partial charge on any atom is -0.454 e. The van der Waals surface area contributed by atoms with Crippen LogP contribution in [0.15, 0.2) is 47.4 Å². The maximum absolute atomic E-state index is 13.9. The molecular weight excluding hydrogens is 293 g/mol. The van der Waals surface area contributed by atoms with E-state index in [1.807, 2.05) is 0 Å². The molecule has 1 atom stereocenters. The standard InChI is InChI=1S/C15H16FNO3S/c1-10(17)11-6-7-15(14(16)8-11)20-12-4-3-5-13(9-12)21(2,18)19/h3-10H,17H2,1-2H3/t10-/m0/s1. The van der Waals surface area contributed by atoms with Gasteiger partial charge in [0.2, 0.25) is 0 Å². The highest BCUT2D eigenvalue weighted by molar-refractivity contribution is 7.90. The van der Waals surface area contributed by atoms with E-state index in [9.17, 15) is 12.8 Å². The number of benzene rings is 2. The summed E-state index contributed by atoms with van der Waals surface area (Å²) in [6.07, 6.45) is 1.10. The van der Waals surface area contributed by atoms with Crippen LogP contribution < -0.4 is 10.5 Å². The third kappa shape index (κ3) is 3.80. The van der Waals surface area contributed by atoms with E-state index in [4.69, 9.17) is 10.5 Å². The molecule has 0 spiro atoms. The first-order chi connectivity index (χ1) is 9.77. The fourth-order valence-electron chi connectivity index (χ4n) is 1.78. The molecule has 6 heteroatoms. The van der Waals surface area contributed by atoms with E-state index in [1.165, 1.54) is 24.3 Å². The van der Waals surface area contributed by atoms with Crippen molar-refractivity contribution in [1.29, 1.82) is 0 Å². The van der Waals surface area contributed by atoms with Gasteiger partial charge in [0.15, 0.2) is 21.4 Å². The summed E-state index contributed by atoms with van der Waals surface area (Å²) in [6.45, 7) is 1.75. The van der Waals surface area contributed by atoms with Crippen LogP contribution in [0.25, 0.3) is 0 Å². The predicted octanol–water partition coefficient (Wildman–Crippen LogP) is 3.04. The maximum atomic E-state index is 13.9. The van der Waals surface area contributed by atoms with Gasteiger partial charge in [-0.2, -0.15) is 0 Å². The Hall–Kier alpha value is -1.92. The number of halogens is 1. The van der Waals surface area contributed by atoms with Crippen molar-refractivity contribution < 1.29 is 17.5 Å². The minimum absolute atomic E-state index is 0.0186. The highest BCUT2D eigenvalue weighted by atomic mass is 32.2. The molecule has 0 aliphatic heterocycles. The second-order valence-corrected chi connectivity index (χ2v) is 6.84. The van der Waals surface area contributed by atoms with Crippen LogP contribution >= 0.6 is 0 Å². The maximum Gasteiger partial charge on any atom is 0.175 e. The largest absolute Gasteiger partial charge is 0.454 e. The molecule has 0 heterocycles. The normalized spacial score (nSPS) is 13.0. The van der Waals surface area contributed by atoms with E-state index in [2.05, 4.69) is 0 Å². The minimum atomic E-state index is -3.34. The fraction of sp³-hybridized carbons (Fsp3) is 0.200. The summed E-state index contributed by atoms with van der Waals surface area (Å²) in [6, 6.07) is 10.1. The molecule has 0 amide bonds. The van der Waals surface area contributed by atoms with Crippen molar-refractivity contribution in [1.82, 2.24) is 0 Å². The highest BCUT2D eigenvalue weighted by Gasteiger charge is 2.11. The van der Waals surface area contributed by atoms with Gasteiger partial charge in [0, 0.05) is 12.3 Å². The van der Waals surface area contributed by atoms with E-state index < -0.39 is 15.7 Å². The predicted molar refractivity (Wildman–Crippen MR) is 78.6 cm³/mol. The van der Waals surface area contributed by atoms with Crippen molar-refractivity contribution >= 4 is 9.84 Å². The molecule has 0 saturated carbocycles. The first-order valence-corrected chi connectivity index (χ1v) is 8.19. The van der Waals surface area contributed by atoms with Crippen LogP contribution in [-0.2, 0) is 9.84 Å². The molecular formula is C15H16FNO3S. The Bertz CT molecular complexity index is 757. The number of ether oxygens (including phenoxy) is 1. The first-order valence-electron chi connectivity index (χ1n) is 6.30. The van der Waals surface area contributed by atoms with E-state index in [1.54, 1.807) is 25.1 Å². The zero-order chi connectivity index (χ0) is 15.6. The Balaban J connectivity index is 2.31. The molecule has 0 unspecified atom stereocenters. The second kappa shape index (κ2) is 5.83. The highest BCUT2D eigenvalue weighted by Crippen LogP contribution is 2.27. The summed E-state index contributed by atoms with van der Waals surface area (Å²) >= 11 is 0. The summed E-state index contributed by atoms with van der Waals surface area (Å²) in [5.74, 6) is -0.273. The van der Waals surface area contributed by atoms with Crippen molar-refractivity contribution in [2.24, 2.45) is 5.73 Å². The molecule has 2 rings (SSSR count). The average molecular weight is 309 g/mol. The van der Waals surface area contributed by atoms with Gasteiger partial charge in [-0.1, -0.05) is 12.1 Å². The summed E-state index contributed by atoms with van der Waals surface area (Å²) < 4.78 is 42.3. The summed E-state index contributed by atoms with van der Waals surface area (Å²) in [5.41, 5.74) is 6.34. The number of nitrogens with two attached hydrogens (primary N) is 1. The smallest absolute Gasteiger partial charge is 0.175 e. The van der Waals surface area contributed by atoms with Gasteiger partial charge in [-0.05, 0) is 42.8 Å². The van der Waals surface area contributed by atoms with Crippen molar-refractivity contribution in [3.8, 4) is 11.5 Å². The Morgan fingerprint density at radius 3 is 2.48 bits per heavy atom. The van der Waals surface area contributed by atoms with Crippen LogP contribution in [-0.4, -0.2) is 14.7 Å². The van der Waals surface area contributed by atoms with E-state index >= 15 is 0 Å². The zero-order valence-electron chi connectivity index (χ0n) is 11.7. The number of sulfone groups is 1. The second-order valence-electron chi connectivity index (χ2n) is 4.83. The Morgan fingerprint density at radius 2 is 1.90 bits per heavy atom. The van der Waals surface area contributed by atoms with E-state index in [0.29, 0.717) is 5.56 Å². The summed E-state index contributed by atoms with van der Waals surface area (Å²) in [7, 11) is -3.34. The van der Waals surface area contributed by atoms with Crippen molar-refractivity contribution in [2.45, 2.75) is 17.9 Å². The van der Waals surface area contributed by atoms with Gasteiger partial charge in [-0.15, -0.1) is 0 Å². The van der Waals surface area contributed by atoms with Crippen LogP contribution in [0.3, 0.4) is 0 Å². The Morgan fingerprint density at radius 1 is 1.19 bits per heavy atom. The molecule has 0 aromatic heterocycles. The zero-order valence-corrected chi connectivity index (χ0v) is 12.5. The van der Waals surface area contributed by atoms with Crippen LogP contribution in [0.2, 0.25) is 0 Å². The number of hydrogen-bond donors (Lipinski definition) is 1. The molecule has 21 heavy (non-hydrogen) atoms. The Labute approximate surface area is 123 Å². The van der Waals surface area contributed by atoms with Gasteiger partial charge >= 0.3 is 0 Å². The molecule has 0 aliphatic carbocycles. The van der Waals surface area contributed by atoms with Crippen LogP contribution in [0, 0.1) is 5.82 Å². The molecule has 112 valence electrons. The topological polar surface area (TPSA) is 69.4 Å². The van der Waals surface area contributed by atoms with Crippen molar-refractivity contribution in [3.63, 3.8) is 0 Å². The fourth-order valence-corrected chi connectivity index (χ4v) is 2.43. The molecule has 2 aromatic rings. The van der Waals surface area contributed by atoms with Crippen LogP contribution in [0.1, 0.15) is 18.5 Å². The van der Waals surface area contributed by atoms with Gasteiger partial charge in [0.05, 0.1) is 4.90 Å². The number of rotatable bonds is 4. The van der Waals surface area contributed by atoms with Gasteiger partial charge in [0.25, 0.3) is 0 Å². The van der Waals surface area contributed by atoms with Crippen LogP contribution in [0.5, 0.6) is 11.5 Å². The lowest BCUT2D eigenvalue weighted by molar-refractivity contribution is 0.440. The average Bonchev–Trinajstić information content (AvgIpc) is 2.40. The molecule has 2 N–H and O–H groups in total. The molecule has 2 aromatic carbocycles. The summed E-state index contributed by atoms with van der Waals surface area (Å²) in [5, 5.41) is 0. The lowest BCUT2D eigenvalue weighted by atomic mass is 10.1. The van der Waals surface area contributed by atoms with Gasteiger partial charge in [0.1, 0.15) is 5.75 Å². The van der Waals surface area contributed by atoms with E-state index in [-0.39, 0.29) is 22.4 Å². The first kappa shape index (κ1) is 15.5. The van der Waals surface area contributed by atoms with E-state index in [0.717, 1.165) is 6.26 Å². The third-order valence-electron chi connectivity index (χ3n) is 2.94. The van der Waals surface area contributed by atoms with Gasteiger partial charge in [-0.25, -0.2) is 12.8 Å². The quantitative estimate of drug-likeness (QED) is 0.942. The third-order valence-corrected chi connectivity index (χ3v) is 4.05. The molecule has 0 bridgehead atoms. The van der Waals surface area contributed by atoms with Crippen molar-refractivity contribution in [3.05, 3.63) is 53.8 Å². The summed E-state index contributed by atoms with van der Waals surface area (Å²) in [4.78, 5) is 0.118. The lowest BCUT2D eigenvalue weighted by Gasteiger charge is -2.10. The van der Waals surface area contributed by atoms with Gasteiger partial charge in [-0.3, -0.25) is 0 Å². The molecule has 0 radical (unpaired) electrons. The molecule has 0 aliphatic rings. The molecule has 0 saturated heterocycles. The molecule has 4 nitrogen and oxygen atoms in total. The molecule has 0 fully saturated rings.